The molecule has 210 valence electrons. The molecule has 11 heteroatoms. The molecule has 5 heterocycles. The molecule has 4 aliphatic rings. The van der Waals surface area contributed by atoms with Gasteiger partial charge in [0, 0.05) is 11.3 Å². The average Bonchev–Trinajstić information content (AvgIpc) is 3.50. The summed E-state index contributed by atoms with van der Waals surface area (Å²) >= 11 is 1.48. The number of carbonyl (C=O) groups excluding carboxylic acids is 3. The second-order valence-electron chi connectivity index (χ2n) is 11.1. The summed E-state index contributed by atoms with van der Waals surface area (Å²) in [6, 6.07) is 15.0. The largest absolute Gasteiger partial charge is 0.461 e. The fourth-order valence-electron chi connectivity index (χ4n) is 7.02. The lowest BCUT2D eigenvalue weighted by Crippen LogP contribution is -2.54. The molecule has 0 bridgehead atoms. The smallest absolute Gasteiger partial charge is 0.311 e. The Morgan fingerprint density at radius 2 is 1.80 bits per heavy atom. The molecule has 6 atom stereocenters. The van der Waals surface area contributed by atoms with E-state index in [1.54, 1.807) is 9.58 Å². The van der Waals surface area contributed by atoms with Crippen molar-refractivity contribution >= 4 is 40.6 Å². The second kappa shape index (κ2) is 9.56. The predicted molar refractivity (Wildman–Crippen MR) is 151 cm³/mol. The van der Waals surface area contributed by atoms with Crippen molar-refractivity contribution in [1.29, 1.82) is 0 Å². The van der Waals surface area contributed by atoms with Crippen LogP contribution < -0.4 is 0 Å². The van der Waals surface area contributed by atoms with Crippen LogP contribution in [0.4, 0.5) is 0 Å². The van der Waals surface area contributed by atoms with E-state index < -0.39 is 39.4 Å². The molecule has 0 radical (unpaired) electrons. The summed E-state index contributed by atoms with van der Waals surface area (Å²) in [5.41, 5.74) is 2.22. The molecule has 2 fully saturated rings. The van der Waals surface area contributed by atoms with E-state index in [1.807, 2.05) is 85.8 Å². The lowest BCUT2D eigenvalue weighted by molar-refractivity contribution is -0.153. The molecule has 10 nitrogen and oxygen atoms in total. The number of ether oxygens (including phenoxy) is 1. The number of hydrogen-bond donors (Lipinski definition) is 1. The first-order chi connectivity index (χ1) is 19.9. The summed E-state index contributed by atoms with van der Waals surface area (Å²) in [7, 11) is 0. The predicted octanol–water partition coefficient (Wildman–Crippen LogP) is 2.32. The first-order valence-corrected chi connectivity index (χ1v) is 14.5. The fourth-order valence-corrected chi connectivity index (χ4v) is 9.16. The minimum Gasteiger partial charge on any atom is -0.461 e. The van der Waals surface area contributed by atoms with Gasteiger partial charge in [0.05, 0.1) is 34.7 Å². The van der Waals surface area contributed by atoms with Crippen LogP contribution >= 0.6 is 11.8 Å². The lowest BCUT2D eigenvalue weighted by Gasteiger charge is -2.39. The summed E-state index contributed by atoms with van der Waals surface area (Å²) < 4.78 is 5.39. The van der Waals surface area contributed by atoms with Crippen molar-refractivity contribution < 1.29 is 24.2 Å². The van der Waals surface area contributed by atoms with Crippen molar-refractivity contribution in [3.63, 3.8) is 0 Å². The summed E-state index contributed by atoms with van der Waals surface area (Å²) in [4.78, 5) is 45.9. The maximum atomic E-state index is 14.7. The maximum Gasteiger partial charge on any atom is 0.311 e. The van der Waals surface area contributed by atoms with E-state index in [2.05, 4.69) is 10.3 Å². The number of aliphatic hydroxyl groups is 1. The van der Waals surface area contributed by atoms with Crippen molar-refractivity contribution in [1.82, 2.24) is 24.8 Å². The van der Waals surface area contributed by atoms with Gasteiger partial charge in [-0.25, -0.2) is 4.68 Å². The van der Waals surface area contributed by atoms with Crippen molar-refractivity contribution in [3.05, 3.63) is 84.5 Å². The third kappa shape index (κ3) is 3.78. The molecule has 41 heavy (non-hydrogen) atoms. The number of likely N-dealkylation sites (tertiary alicyclic amines) is 1. The van der Waals surface area contributed by atoms with E-state index >= 15 is 0 Å². The molecule has 4 aliphatic heterocycles. The van der Waals surface area contributed by atoms with Crippen LogP contribution in [0.5, 0.6) is 0 Å². The average molecular weight is 572 g/mol. The maximum absolute atomic E-state index is 14.7. The van der Waals surface area contributed by atoms with Crippen molar-refractivity contribution in [2.75, 3.05) is 19.8 Å². The van der Waals surface area contributed by atoms with Crippen LogP contribution in [0.25, 0.3) is 11.0 Å². The van der Waals surface area contributed by atoms with Gasteiger partial charge in [-0.3, -0.25) is 14.4 Å². The Hall–Kier alpha value is -3.96. The van der Waals surface area contributed by atoms with Gasteiger partial charge in [-0.15, -0.1) is 16.9 Å². The number of amides is 2. The number of nitrogens with zero attached hydrogens (tertiary/aromatic N) is 5. The van der Waals surface area contributed by atoms with E-state index in [1.165, 1.54) is 16.7 Å². The zero-order chi connectivity index (χ0) is 28.4. The minimum absolute atomic E-state index is 0.130. The molecule has 2 saturated heterocycles. The minimum atomic E-state index is -1.05. The number of aromatic nitrogens is 3. The molecule has 2 aromatic carbocycles. The highest BCUT2D eigenvalue weighted by molar-refractivity contribution is 8.02. The van der Waals surface area contributed by atoms with Crippen molar-refractivity contribution in [2.45, 2.75) is 35.2 Å². The number of hydrogen-bond acceptors (Lipinski definition) is 8. The van der Waals surface area contributed by atoms with Gasteiger partial charge < -0.3 is 19.6 Å². The molecule has 1 aromatic heterocycles. The van der Waals surface area contributed by atoms with Gasteiger partial charge in [0.2, 0.25) is 11.8 Å². The van der Waals surface area contributed by atoms with E-state index in [-0.39, 0.29) is 38.2 Å². The summed E-state index contributed by atoms with van der Waals surface area (Å²) in [6.07, 6.45) is 7.61. The number of cyclic esters (lactones) is 1. The number of esters is 1. The molecule has 1 spiro atoms. The van der Waals surface area contributed by atoms with Gasteiger partial charge in [-0.1, -0.05) is 65.9 Å². The van der Waals surface area contributed by atoms with Gasteiger partial charge in [-0.2, -0.15) is 0 Å². The van der Waals surface area contributed by atoms with E-state index in [4.69, 9.17) is 4.74 Å². The first-order valence-electron chi connectivity index (χ1n) is 13.7. The third-order valence-corrected chi connectivity index (χ3v) is 10.5. The van der Waals surface area contributed by atoms with Crippen LogP contribution in [-0.2, 0) is 25.8 Å². The molecular formula is C30H29N5O5S. The Bertz CT molecular complexity index is 1610. The van der Waals surface area contributed by atoms with Crippen LogP contribution in [0.15, 0.2) is 78.9 Å². The van der Waals surface area contributed by atoms with Gasteiger partial charge in [0.25, 0.3) is 0 Å². The topological polar surface area (TPSA) is 118 Å². The van der Waals surface area contributed by atoms with Crippen LogP contribution in [-0.4, -0.2) is 83.0 Å². The Balaban J connectivity index is 1.36. The SMILES string of the molecule is C[C@]12C=CCOC(=O)[C@H]1[C@H]1C(=O)N([C@H](CO)c3ccccc3)C3C(=O)N(Cn4nnc5ccccc54)CC=C[C@@]31S2. The molecule has 3 aromatic rings. The van der Waals surface area contributed by atoms with Gasteiger partial charge in [0.1, 0.15) is 24.8 Å². The summed E-state index contributed by atoms with van der Waals surface area (Å²) in [6.45, 7) is 2.13. The third-order valence-electron chi connectivity index (χ3n) is 8.75. The Morgan fingerprint density at radius 3 is 2.61 bits per heavy atom. The number of para-hydroxylation sites is 1. The van der Waals surface area contributed by atoms with E-state index in [0.29, 0.717) is 11.1 Å². The number of rotatable bonds is 5. The molecule has 0 saturated carbocycles. The van der Waals surface area contributed by atoms with Crippen molar-refractivity contribution in [2.24, 2.45) is 11.8 Å². The Morgan fingerprint density at radius 1 is 1.02 bits per heavy atom. The number of benzene rings is 2. The first kappa shape index (κ1) is 26.0. The monoisotopic (exact) mass is 571 g/mol. The number of aliphatic hydroxyl groups excluding tert-OH is 1. The number of carbonyl (C=O) groups is 3. The quantitative estimate of drug-likeness (QED) is 0.366. The van der Waals surface area contributed by atoms with Crippen LogP contribution in [0.1, 0.15) is 18.5 Å². The second-order valence-corrected chi connectivity index (χ2v) is 12.9. The standard InChI is InChI=1S/C30H29N5O5S/c1-29-13-8-16-40-28(39)24(29)23-26(37)35(22(17-36)19-9-3-2-4-10-19)25-27(38)33(15-7-14-30(23,25)41-29)18-34-21-12-6-5-11-20(21)31-32-34/h2-14,22-25,36H,15-18H2,1H3/t22-,23+,24-,25?,29+,30+/m1/s1. The molecule has 1 unspecified atom stereocenters. The van der Waals surface area contributed by atoms with Crippen LogP contribution in [0.2, 0.25) is 0 Å². The van der Waals surface area contributed by atoms with Gasteiger partial charge >= 0.3 is 5.97 Å². The highest BCUT2D eigenvalue weighted by Crippen LogP contribution is 2.66. The lowest BCUT2D eigenvalue weighted by atomic mass is 9.75. The molecule has 1 N–H and O–H groups in total. The van der Waals surface area contributed by atoms with Gasteiger partial charge in [0.15, 0.2) is 0 Å². The van der Waals surface area contributed by atoms with Crippen LogP contribution in [0, 0.1) is 11.8 Å². The number of fused-ring (bicyclic) bond motifs is 3. The molecule has 0 aliphatic carbocycles. The molecular weight excluding hydrogens is 542 g/mol. The Kier molecular flexibility index (Phi) is 6.05. The van der Waals surface area contributed by atoms with Gasteiger partial charge in [-0.05, 0) is 30.7 Å². The molecule has 7 rings (SSSR count). The van der Waals surface area contributed by atoms with Crippen molar-refractivity contribution in [3.8, 4) is 0 Å². The van der Waals surface area contributed by atoms with Crippen LogP contribution in [0.3, 0.4) is 0 Å². The molecule has 2 amide bonds. The summed E-state index contributed by atoms with van der Waals surface area (Å²) in [5, 5.41) is 19.2. The zero-order valence-corrected chi connectivity index (χ0v) is 23.2. The van der Waals surface area contributed by atoms with E-state index in [0.717, 1.165) is 5.52 Å². The number of thioether (sulfide) groups is 1. The highest BCUT2D eigenvalue weighted by atomic mass is 32.2. The fraction of sp³-hybridized carbons (Fsp3) is 0.367. The normalized spacial score (nSPS) is 31.5. The van der Waals surface area contributed by atoms with E-state index in [9.17, 15) is 19.5 Å². The Labute approximate surface area is 240 Å². The summed E-state index contributed by atoms with van der Waals surface area (Å²) in [5.74, 6) is -2.69. The highest BCUT2D eigenvalue weighted by Gasteiger charge is 2.74. The zero-order valence-electron chi connectivity index (χ0n) is 22.4.